The van der Waals surface area contributed by atoms with E-state index in [1.54, 1.807) is 12.1 Å². The maximum Gasteiger partial charge on any atom is 0.355 e. The number of rotatable bonds is 3. The maximum absolute atomic E-state index is 11.8. The van der Waals surface area contributed by atoms with Crippen LogP contribution >= 0.6 is 0 Å². The number of piperazine rings is 1. The third kappa shape index (κ3) is 2.66. The highest BCUT2D eigenvalue weighted by atomic mass is 16.6. The van der Waals surface area contributed by atoms with E-state index in [0.717, 1.165) is 13.1 Å². The molecule has 0 N–H and O–H groups in total. The predicted molar refractivity (Wildman–Crippen MR) is 90.8 cm³/mol. The lowest BCUT2D eigenvalue weighted by atomic mass is 10.3. The number of fused-ring (bicyclic) bond motifs is 1. The zero-order valence-electron chi connectivity index (χ0n) is 13.6. The van der Waals surface area contributed by atoms with Gasteiger partial charge in [0.05, 0.1) is 10.4 Å². The van der Waals surface area contributed by atoms with Crippen LogP contribution in [-0.2, 0) is 0 Å². The molecule has 1 aliphatic rings. The molecule has 3 heterocycles. The van der Waals surface area contributed by atoms with E-state index in [1.807, 2.05) is 24.1 Å². The van der Waals surface area contributed by atoms with Crippen molar-refractivity contribution in [2.75, 3.05) is 38.1 Å². The van der Waals surface area contributed by atoms with Crippen LogP contribution in [0, 0.1) is 10.1 Å². The van der Waals surface area contributed by atoms with Gasteiger partial charge < -0.3 is 9.80 Å². The molecule has 0 unspecified atom stereocenters. The van der Waals surface area contributed by atoms with Gasteiger partial charge in [-0.05, 0) is 19.2 Å². The average molecular weight is 340 g/mol. The predicted octanol–water partition coefficient (Wildman–Crippen LogP) is 0.870. The Morgan fingerprint density at radius 1 is 1.08 bits per heavy atom. The highest BCUT2D eigenvalue weighted by molar-refractivity contribution is 5.77. The molecular formula is C15H16N8O2. The van der Waals surface area contributed by atoms with Crippen molar-refractivity contribution in [3.05, 3.63) is 40.7 Å². The highest BCUT2D eigenvalue weighted by Gasteiger charge is 2.30. The fourth-order valence-corrected chi connectivity index (χ4v) is 2.95. The molecule has 10 heteroatoms. The minimum absolute atomic E-state index is 0.127. The molecular weight excluding hydrogens is 324 g/mol. The standard InChI is InChI=1S/C15H16N8O2/c1-20-6-8-21(9-7-20)14-13(23(24)25)15(17-10-16-14)22-12-5-3-2-4-11(12)18-19-22/h2-5,10H,6-9H2,1H3. The quantitative estimate of drug-likeness (QED) is 0.511. The van der Waals surface area contributed by atoms with Gasteiger partial charge >= 0.3 is 5.69 Å². The van der Waals surface area contributed by atoms with Gasteiger partial charge in [0.25, 0.3) is 0 Å². The van der Waals surface area contributed by atoms with Crippen LogP contribution in [0.4, 0.5) is 11.5 Å². The summed E-state index contributed by atoms with van der Waals surface area (Å²) in [6.45, 7) is 2.99. The molecule has 10 nitrogen and oxygen atoms in total. The van der Waals surface area contributed by atoms with Crippen LogP contribution in [0.25, 0.3) is 16.9 Å². The molecule has 0 aliphatic carbocycles. The van der Waals surface area contributed by atoms with Crippen molar-refractivity contribution < 1.29 is 4.92 Å². The summed E-state index contributed by atoms with van der Waals surface area (Å²) >= 11 is 0. The van der Waals surface area contributed by atoms with Crippen LogP contribution in [0.3, 0.4) is 0 Å². The van der Waals surface area contributed by atoms with E-state index in [2.05, 4.69) is 25.2 Å². The summed E-state index contributed by atoms with van der Waals surface area (Å²) in [5.41, 5.74) is 1.16. The van der Waals surface area contributed by atoms with Gasteiger partial charge in [-0.2, -0.15) is 4.68 Å². The van der Waals surface area contributed by atoms with Crippen molar-refractivity contribution >= 4 is 22.5 Å². The Bertz CT molecular complexity index is 932. The lowest BCUT2D eigenvalue weighted by molar-refractivity contribution is -0.384. The molecule has 0 atom stereocenters. The molecule has 0 saturated carbocycles. The largest absolute Gasteiger partial charge is 0.355 e. The zero-order valence-corrected chi connectivity index (χ0v) is 13.6. The summed E-state index contributed by atoms with van der Waals surface area (Å²) in [5, 5.41) is 19.9. The summed E-state index contributed by atoms with van der Waals surface area (Å²) in [6, 6.07) is 7.27. The van der Waals surface area contributed by atoms with Crippen LogP contribution in [0.2, 0.25) is 0 Å². The molecule has 3 aromatic rings. The molecule has 0 radical (unpaired) electrons. The van der Waals surface area contributed by atoms with E-state index >= 15 is 0 Å². The Morgan fingerprint density at radius 3 is 2.56 bits per heavy atom. The number of likely N-dealkylation sites (N-methyl/N-ethyl adjacent to an activating group) is 1. The second-order valence-corrected chi connectivity index (χ2v) is 5.91. The van der Waals surface area contributed by atoms with Crippen LogP contribution < -0.4 is 4.90 Å². The first-order valence-electron chi connectivity index (χ1n) is 7.89. The lowest BCUT2D eigenvalue weighted by Crippen LogP contribution is -2.45. The minimum Gasteiger partial charge on any atom is -0.348 e. The number of nitrogens with zero attached hydrogens (tertiary/aromatic N) is 8. The topological polar surface area (TPSA) is 106 Å². The smallest absolute Gasteiger partial charge is 0.348 e. The number of benzene rings is 1. The van der Waals surface area contributed by atoms with Crippen LogP contribution in [0.5, 0.6) is 0 Å². The minimum atomic E-state index is -0.445. The Morgan fingerprint density at radius 2 is 1.80 bits per heavy atom. The van der Waals surface area contributed by atoms with E-state index in [0.29, 0.717) is 29.9 Å². The normalized spacial score (nSPS) is 15.6. The monoisotopic (exact) mass is 340 g/mol. The first-order chi connectivity index (χ1) is 12.1. The molecule has 1 saturated heterocycles. The molecule has 0 amide bonds. The van der Waals surface area contributed by atoms with Crippen LogP contribution in [0.1, 0.15) is 0 Å². The van der Waals surface area contributed by atoms with Gasteiger partial charge in [0.1, 0.15) is 11.8 Å². The lowest BCUT2D eigenvalue weighted by Gasteiger charge is -2.32. The molecule has 0 spiro atoms. The van der Waals surface area contributed by atoms with Gasteiger partial charge in [0, 0.05) is 26.2 Å². The summed E-state index contributed by atoms with van der Waals surface area (Å²) in [7, 11) is 2.03. The molecule has 128 valence electrons. The van der Waals surface area contributed by atoms with E-state index < -0.39 is 4.92 Å². The number of para-hydroxylation sites is 1. The van der Waals surface area contributed by atoms with E-state index in [4.69, 9.17) is 0 Å². The average Bonchev–Trinajstić information content (AvgIpc) is 3.05. The van der Waals surface area contributed by atoms with E-state index in [9.17, 15) is 10.1 Å². The van der Waals surface area contributed by atoms with Crippen molar-refractivity contribution in [2.24, 2.45) is 0 Å². The van der Waals surface area contributed by atoms with Crippen LogP contribution in [0.15, 0.2) is 30.6 Å². The third-order valence-corrected chi connectivity index (χ3v) is 4.32. The fourth-order valence-electron chi connectivity index (χ4n) is 2.95. The second-order valence-electron chi connectivity index (χ2n) is 5.91. The molecule has 1 aromatic carbocycles. The van der Waals surface area contributed by atoms with E-state index in [-0.39, 0.29) is 11.5 Å². The maximum atomic E-state index is 11.8. The Balaban J connectivity index is 1.86. The number of hydrogen-bond acceptors (Lipinski definition) is 8. The van der Waals surface area contributed by atoms with Crippen molar-refractivity contribution in [2.45, 2.75) is 0 Å². The Kier molecular flexibility index (Phi) is 3.73. The Labute approximate surface area is 142 Å². The molecule has 2 aromatic heterocycles. The third-order valence-electron chi connectivity index (χ3n) is 4.32. The molecule has 0 bridgehead atoms. The van der Waals surface area contributed by atoms with Gasteiger partial charge in [-0.15, -0.1) is 5.10 Å². The number of aromatic nitrogens is 5. The zero-order chi connectivity index (χ0) is 17.4. The number of hydrogen-bond donors (Lipinski definition) is 0. The fraction of sp³-hybridized carbons (Fsp3) is 0.333. The number of anilines is 1. The molecule has 1 fully saturated rings. The molecule has 4 rings (SSSR count). The van der Waals surface area contributed by atoms with Crippen molar-refractivity contribution in [1.29, 1.82) is 0 Å². The molecule has 1 aliphatic heterocycles. The first-order valence-corrected chi connectivity index (χ1v) is 7.89. The summed E-state index contributed by atoms with van der Waals surface area (Å²) in [6.07, 6.45) is 1.34. The van der Waals surface area contributed by atoms with E-state index in [1.165, 1.54) is 11.0 Å². The highest BCUT2D eigenvalue weighted by Crippen LogP contribution is 2.32. The van der Waals surface area contributed by atoms with Crippen molar-refractivity contribution in [3.63, 3.8) is 0 Å². The first kappa shape index (κ1) is 15.4. The summed E-state index contributed by atoms with van der Waals surface area (Å²) in [5.74, 6) is 0.449. The van der Waals surface area contributed by atoms with Gasteiger partial charge in [0.15, 0.2) is 0 Å². The van der Waals surface area contributed by atoms with Crippen molar-refractivity contribution in [1.82, 2.24) is 29.9 Å². The van der Waals surface area contributed by atoms with Gasteiger partial charge in [-0.3, -0.25) is 10.1 Å². The summed E-state index contributed by atoms with van der Waals surface area (Å²) < 4.78 is 1.40. The SMILES string of the molecule is CN1CCN(c2ncnc(-n3nnc4ccccc43)c2[N+](=O)[O-])CC1. The Hall–Kier alpha value is -3.14. The number of nitro groups is 1. The second kappa shape index (κ2) is 6.06. The molecule has 25 heavy (non-hydrogen) atoms. The van der Waals surface area contributed by atoms with Crippen LogP contribution in [-0.4, -0.2) is 68.0 Å². The van der Waals surface area contributed by atoms with Gasteiger partial charge in [-0.1, -0.05) is 17.3 Å². The van der Waals surface area contributed by atoms with Crippen molar-refractivity contribution in [3.8, 4) is 5.82 Å². The van der Waals surface area contributed by atoms with Gasteiger partial charge in [0.2, 0.25) is 11.6 Å². The van der Waals surface area contributed by atoms with Gasteiger partial charge in [-0.25, -0.2) is 9.97 Å². The summed E-state index contributed by atoms with van der Waals surface area (Å²) in [4.78, 5) is 23.8.